The van der Waals surface area contributed by atoms with Gasteiger partial charge in [0.2, 0.25) is 11.8 Å². The molecule has 1 unspecified atom stereocenters. The minimum atomic E-state index is -0.180. The molecule has 0 aromatic rings. The lowest BCUT2D eigenvalue weighted by molar-refractivity contribution is -0.125. The van der Waals surface area contributed by atoms with Crippen molar-refractivity contribution in [1.82, 2.24) is 16.0 Å². The van der Waals surface area contributed by atoms with Gasteiger partial charge in [0.25, 0.3) is 0 Å². The predicted octanol–water partition coefficient (Wildman–Crippen LogP) is -0.372. The summed E-state index contributed by atoms with van der Waals surface area (Å²) >= 11 is 0. The van der Waals surface area contributed by atoms with Crippen molar-refractivity contribution < 1.29 is 9.59 Å². The molecule has 0 radical (unpaired) electrons. The van der Waals surface area contributed by atoms with Gasteiger partial charge in [0.05, 0.1) is 6.54 Å². The van der Waals surface area contributed by atoms with Crippen molar-refractivity contribution in [3.63, 3.8) is 0 Å². The average Bonchev–Trinajstić information content (AvgIpc) is 2.25. The Morgan fingerprint density at radius 2 is 2.12 bits per heavy atom. The minimum absolute atomic E-state index is 0.0683. The molecule has 0 aromatic carbocycles. The number of hydrogen-bond acceptors (Lipinski definition) is 3. The summed E-state index contributed by atoms with van der Waals surface area (Å²) in [5, 5.41) is 8.66. The van der Waals surface area contributed by atoms with Crippen LogP contribution in [0.25, 0.3) is 0 Å². The second-order valence-electron chi connectivity index (χ2n) is 4.78. The van der Waals surface area contributed by atoms with Crippen molar-refractivity contribution in [1.29, 1.82) is 0 Å². The van der Waals surface area contributed by atoms with E-state index in [0.717, 1.165) is 25.9 Å². The first-order valence-corrected chi connectivity index (χ1v) is 5.74. The normalized spacial score (nSPS) is 24.9. The lowest BCUT2D eigenvalue weighted by Gasteiger charge is -2.34. The smallest absolute Gasteiger partial charge is 0.239 e. The molecule has 1 saturated heterocycles. The Morgan fingerprint density at radius 1 is 1.38 bits per heavy atom. The van der Waals surface area contributed by atoms with Crippen LogP contribution in [0.2, 0.25) is 0 Å². The maximum Gasteiger partial charge on any atom is 0.239 e. The van der Waals surface area contributed by atoms with Crippen LogP contribution in [0.3, 0.4) is 0 Å². The van der Waals surface area contributed by atoms with Gasteiger partial charge in [-0.1, -0.05) is 6.92 Å². The van der Waals surface area contributed by atoms with Gasteiger partial charge in [0, 0.05) is 20.0 Å². The zero-order valence-corrected chi connectivity index (χ0v) is 10.1. The maximum atomic E-state index is 11.4. The zero-order chi connectivity index (χ0) is 12.0. The van der Waals surface area contributed by atoms with Crippen LogP contribution in [0.4, 0.5) is 0 Å². The molecule has 0 bridgehead atoms. The summed E-state index contributed by atoms with van der Waals surface area (Å²) in [6, 6.07) is 0. The molecule has 1 rings (SSSR count). The van der Waals surface area contributed by atoms with E-state index in [1.54, 1.807) is 0 Å². The summed E-state index contributed by atoms with van der Waals surface area (Å²) < 4.78 is 0. The van der Waals surface area contributed by atoms with Gasteiger partial charge in [-0.2, -0.15) is 0 Å². The second kappa shape index (κ2) is 5.84. The molecular formula is C11H21N3O2. The Labute approximate surface area is 96.4 Å². The lowest BCUT2D eigenvalue weighted by atomic mass is 9.83. The summed E-state index contributed by atoms with van der Waals surface area (Å²) in [5.41, 5.74) is 0.143. The van der Waals surface area contributed by atoms with Crippen molar-refractivity contribution in [3.8, 4) is 0 Å². The van der Waals surface area contributed by atoms with Gasteiger partial charge >= 0.3 is 0 Å². The second-order valence-corrected chi connectivity index (χ2v) is 4.78. The Kier molecular flexibility index (Phi) is 4.73. The largest absolute Gasteiger partial charge is 0.354 e. The SMILES string of the molecule is CC(=O)NCC(=O)NCC1(C)CCCNC1. The van der Waals surface area contributed by atoms with E-state index in [9.17, 15) is 9.59 Å². The van der Waals surface area contributed by atoms with Crippen molar-refractivity contribution in [2.75, 3.05) is 26.2 Å². The molecule has 92 valence electrons. The molecule has 5 heteroatoms. The number of carbonyl (C=O) groups is 2. The summed E-state index contributed by atoms with van der Waals surface area (Å²) in [7, 11) is 0. The van der Waals surface area contributed by atoms with E-state index in [1.165, 1.54) is 6.92 Å². The van der Waals surface area contributed by atoms with E-state index in [4.69, 9.17) is 0 Å². The Balaban J connectivity index is 2.22. The molecule has 0 aliphatic carbocycles. The van der Waals surface area contributed by atoms with E-state index in [0.29, 0.717) is 6.54 Å². The van der Waals surface area contributed by atoms with E-state index in [1.807, 2.05) is 0 Å². The highest BCUT2D eigenvalue weighted by molar-refractivity contribution is 5.83. The van der Waals surface area contributed by atoms with Gasteiger partial charge in [-0.05, 0) is 24.8 Å². The van der Waals surface area contributed by atoms with E-state index < -0.39 is 0 Å². The first-order chi connectivity index (χ1) is 7.52. The van der Waals surface area contributed by atoms with Gasteiger partial charge in [-0.15, -0.1) is 0 Å². The molecule has 16 heavy (non-hydrogen) atoms. The van der Waals surface area contributed by atoms with Crippen molar-refractivity contribution in [3.05, 3.63) is 0 Å². The molecule has 5 nitrogen and oxygen atoms in total. The summed E-state index contributed by atoms with van der Waals surface area (Å²) in [4.78, 5) is 22.0. The fraction of sp³-hybridized carbons (Fsp3) is 0.818. The topological polar surface area (TPSA) is 70.2 Å². The van der Waals surface area contributed by atoms with Gasteiger partial charge in [0.1, 0.15) is 0 Å². The molecule has 1 atom stereocenters. The molecule has 2 amide bonds. The Morgan fingerprint density at radius 3 is 2.69 bits per heavy atom. The van der Waals surface area contributed by atoms with E-state index >= 15 is 0 Å². The van der Waals surface area contributed by atoms with Crippen LogP contribution in [0.15, 0.2) is 0 Å². The van der Waals surface area contributed by atoms with Crippen LogP contribution in [0.5, 0.6) is 0 Å². The minimum Gasteiger partial charge on any atom is -0.354 e. The molecule has 0 spiro atoms. The van der Waals surface area contributed by atoms with Gasteiger partial charge in [-0.3, -0.25) is 9.59 Å². The van der Waals surface area contributed by atoms with E-state index in [-0.39, 0.29) is 23.8 Å². The zero-order valence-electron chi connectivity index (χ0n) is 10.1. The third-order valence-electron chi connectivity index (χ3n) is 2.90. The fourth-order valence-electron chi connectivity index (χ4n) is 1.85. The maximum absolute atomic E-state index is 11.4. The molecule has 0 saturated carbocycles. The van der Waals surface area contributed by atoms with Crippen LogP contribution in [-0.4, -0.2) is 38.0 Å². The lowest BCUT2D eigenvalue weighted by Crippen LogP contribution is -2.47. The third kappa shape index (κ3) is 4.61. The number of nitrogens with one attached hydrogen (secondary N) is 3. The molecule has 1 fully saturated rings. The van der Waals surface area contributed by atoms with Crippen LogP contribution in [0, 0.1) is 5.41 Å². The highest BCUT2D eigenvalue weighted by Crippen LogP contribution is 2.23. The van der Waals surface area contributed by atoms with Crippen molar-refractivity contribution >= 4 is 11.8 Å². The number of amides is 2. The molecule has 3 N–H and O–H groups in total. The van der Waals surface area contributed by atoms with E-state index in [2.05, 4.69) is 22.9 Å². The van der Waals surface area contributed by atoms with Crippen molar-refractivity contribution in [2.24, 2.45) is 5.41 Å². The monoisotopic (exact) mass is 227 g/mol. The molecule has 0 aromatic heterocycles. The molecular weight excluding hydrogens is 206 g/mol. The van der Waals surface area contributed by atoms with Gasteiger partial charge < -0.3 is 16.0 Å². The van der Waals surface area contributed by atoms with Crippen molar-refractivity contribution in [2.45, 2.75) is 26.7 Å². The Hall–Kier alpha value is -1.10. The number of hydrogen-bond donors (Lipinski definition) is 3. The highest BCUT2D eigenvalue weighted by atomic mass is 16.2. The Bertz CT molecular complexity index is 260. The van der Waals surface area contributed by atoms with Crippen LogP contribution in [-0.2, 0) is 9.59 Å². The molecule has 1 aliphatic rings. The van der Waals surface area contributed by atoms with Gasteiger partial charge in [0.15, 0.2) is 0 Å². The quantitative estimate of drug-likeness (QED) is 0.613. The van der Waals surface area contributed by atoms with Crippen LogP contribution >= 0.6 is 0 Å². The number of piperidine rings is 1. The van der Waals surface area contributed by atoms with Crippen LogP contribution in [0.1, 0.15) is 26.7 Å². The number of carbonyl (C=O) groups excluding carboxylic acids is 2. The standard InChI is InChI=1S/C11H21N3O2/c1-9(15)13-6-10(16)14-8-11(2)4-3-5-12-7-11/h12H,3-8H2,1-2H3,(H,13,15)(H,14,16). The molecule has 1 aliphatic heterocycles. The highest BCUT2D eigenvalue weighted by Gasteiger charge is 2.26. The number of rotatable bonds is 4. The summed E-state index contributed by atoms with van der Waals surface area (Å²) in [5.74, 6) is -0.303. The first kappa shape index (κ1) is 13.0. The van der Waals surface area contributed by atoms with Crippen LogP contribution < -0.4 is 16.0 Å². The predicted molar refractivity (Wildman–Crippen MR) is 61.9 cm³/mol. The average molecular weight is 227 g/mol. The first-order valence-electron chi connectivity index (χ1n) is 5.74. The summed E-state index contributed by atoms with van der Waals surface area (Å²) in [6.45, 7) is 6.30. The fourth-order valence-corrected chi connectivity index (χ4v) is 1.85. The third-order valence-corrected chi connectivity index (χ3v) is 2.90. The van der Waals surface area contributed by atoms with Gasteiger partial charge in [-0.25, -0.2) is 0 Å². The molecule has 1 heterocycles. The summed E-state index contributed by atoms with van der Waals surface area (Å²) in [6.07, 6.45) is 2.28.